The van der Waals surface area contributed by atoms with Crippen molar-refractivity contribution in [1.82, 2.24) is 9.97 Å². The van der Waals surface area contributed by atoms with Crippen LogP contribution in [0.25, 0.3) is 10.9 Å². The summed E-state index contributed by atoms with van der Waals surface area (Å²) < 4.78 is 43.7. The van der Waals surface area contributed by atoms with Crippen molar-refractivity contribution < 1.29 is 32.6 Å². The molecule has 4 N–H and O–H groups in total. The van der Waals surface area contributed by atoms with Crippen LogP contribution in [-0.2, 0) is 20.5 Å². The Kier molecular flexibility index (Phi) is 5.87. The van der Waals surface area contributed by atoms with Gasteiger partial charge in [0.25, 0.3) is 11.8 Å². The van der Waals surface area contributed by atoms with Crippen molar-refractivity contribution in [3.8, 4) is 0 Å². The zero-order chi connectivity index (χ0) is 23.8. The number of ether oxygens (including phenoxy) is 1. The molecular weight excluding hydrogens is 443 g/mol. The Morgan fingerprint density at radius 3 is 2.64 bits per heavy atom. The SMILES string of the molecule is Nc1ncnc2cc(NC(=O)[C@H](O)[C@H]3OCCN(c4ccc(C(F)(F)F)cc4)C3=O)ccc12. The maximum Gasteiger partial charge on any atom is 0.416 e. The van der Waals surface area contributed by atoms with Gasteiger partial charge in [-0.2, -0.15) is 13.2 Å². The van der Waals surface area contributed by atoms with Crippen molar-refractivity contribution in [3.63, 3.8) is 0 Å². The minimum atomic E-state index is -4.51. The van der Waals surface area contributed by atoms with E-state index in [0.29, 0.717) is 16.6 Å². The molecule has 3 aromatic rings. The predicted octanol–water partition coefficient (Wildman–Crippen LogP) is 1.96. The van der Waals surface area contributed by atoms with Gasteiger partial charge in [-0.15, -0.1) is 0 Å². The Labute approximate surface area is 185 Å². The van der Waals surface area contributed by atoms with Gasteiger partial charge < -0.3 is 25.8 Å². The van der Waals surface area contributed by atoms with Crippen LogP contribution in [-0.4, -0.2) is 52.2 Å². The summed E-state index contributed by atoms with van der Waals surface area (Å²) in [7, 11) is 0. The Balaban J connectivity index is 1.47. The summed E-state index contributed by atoms with van der Waals surface area (Å²) in [4.78, 5) is 34.5. The van der Waals surface area contributed by atoms with Gasteiger partial charge in [0.15, 0.2) is 12.2 Å². The molecule has 0 bridgehead atoms. The van der Waals surface area contributed by atoms with E-state index in [0.717, 1.165) is 24.3 Å². The van der Waals surface area contributed by atoms with Crippen molar-refractivity contribution in [2.75, 3.05) is 29.1 Å². The highest BCUT2D eigenvalue weighted by Gasteiger charge is 2.39. The molecule has 0 spiro atoms. The average molecular weight is 461 g/mol. The average Bonchev–Trinajstić information content (AvgIpc) is 2.78. The number of aromatic nitrogens is 2. The Morgan fingerprint density at radius 2 is 1.94 bits per heavy atom. The first-order chi connectivity index (χ1) is 15.6. The van der Waals surface area contributed by atoms with E-state index in [1.807, 2.05) is 0 Å². The third-order valence-corrected chi connectivity index (χ3v) is 5.12. The number of nitrogen functional groups attached to an aromatic ring is 1. The van der Waals surface area contributed by atoms with Gasteiger partial charge in [0, 0.05) is 23.3 Å². The summed E-state index contributed by atoms with van der Waals surface area (Å²) in [5.41, 5.74) is 5.87. The molecule has 1 aliphatic rings. The zero-order valence-electron chi connectivity index (χ0n) is 16.9. The van der Waals surface area contributed by atoms with Crippen molar-refractivity contribution >= 4 is 39.9 Å². The number of hydrogen-bond donors (Lipinski definition) is 3. The second kappa shape index (κ2) is 8.64. The van der Waals surface area contributed by atoms with Crippen LogP contribution in [0.4, 0.5) is 30.4 Å². The number of amides is 2. The molecule has 0 unspecified atom stereocenters. The maximum absolute atomic E-state index is 12.8. The van der Waals surface area contributed by atoms with Gasteiger partial charge in [0.1, 0.15) is 12.1 Å². The molecule has 2 heterocycles. The number of benzene rings is 2. The number of aliphatic hydroxyl groups excluding tert-OH is 1. The lowest BCUT2D eigenvalue weighted by molar-refractivity contribution is -0.150. The molecule has 33 heavy (non-hydrogen) atoms. The van der Waals surface area contributed by atoms with Crippen LogP contribution in [0.5, 0.6) is 0 Å². The topological polar surface area (TPSA) is 131 Å². The summed E-state index contributed by atoms with van der Waals surface area (Å²) in [6, 6.07) is 8.66. The first-order valence-electron chi connectivity index (χ1n) is 9.74. The molecular formula is C21H18F3N5O4. The lowest BCUT2D eigenvalue weighted by Crippen LogP contribution is -2.55. The van der Waals surface area contributed by atoms with Gasteiger partial charge in [-0.05, 0) is 42.5 Å². The summed E-state index contributed by atoms with van der Waals surface area (Å²) in [6.45, 7) is 0.0365. The van der Waals surface area contributed by atoms with Gasteiger partial charge in [-0.25, -0.2) is 9.97 Å². The van der Waals surface area contributed by atoms with E-state index in [1.54, 1.807) is 6.07 Å². The van der Waals surface area contributed by atoms with Crippen molar-refractivity contribution in [3.05, 3.63) is 54.4 Å². The number of hydrogen-bond acceptors (Lipinski definition) is 7. The lowest BCUT2D eigenvalue weighted by atomic mass is 10.1. The first-order valence-corrected chi connectivity index (χ1v) is 9.74. The number of nitrogens with zero attached hydrogens (tertiary/aromatic N) is 3. The fourth-order valence-electron chi connectivity index (χ4n) is 3.43. The Bertz CT molecular complexity index is 1200. The number of fused-ring (bicyclic) bond motifs is 1. The number of morpholine rings is 1. The number of anilines is 3. The maximum atomic E-state index is 12.8. The van der Waals surface area contributed by atoms with Gasteiger partial charge in [-0.1, -0.05) is 0 Å². The van der Waals surface area contributed by atoms with Crippen LogP contribution >= 0.6 is 0 Å². The molecule has 2 aromatic carbocycles. The molecule has 4 rings (SSSR count). The third-order valence-electron chi connectivity index (χ3n) is 5.12. The van der Waals surface area contributed by atoms with E-state index in [1.165, 1.54) is 23.4 Å². The molecule has 2 amide bonds. The molecule has 0 saturated carbocycles. The van der Waals surface area contributed by atoms with Crippen molar-refractivity contribution in [2.24, 2.45) is 0 Å². The summed E-state index contributed by atoms with van der Waals surface area (Å²) in [5, 5.41) is 13.5. The first kappa shape index (κ1) is 22.4. The molecule has 1 saturated heterocycles. The van der Waals surface area contributed by atoms with Gasteiger partial charge >= 0.3 is 6.18 Å². The molecule has 9 nitrogen and oxygen atoms in total. The molecule has 1 aromatic heterocycles. The molecule has 0 aliphatic carbocycles. The largest absolute Gasteiger partial charge is 0.416 e. The van der Waals surface area contributed by atoms with Gasteiger partial charge in [0.2, 0.25) is 0 Å². The van der Waals surface area contributed by atoms with E-state index in [-0.39, 0.29) is 24.7 Å². The van der Waals surface area contributed by atoms with Crippen LogP contribution in [0.2, 0.25) is 0 Å². The fourth-order valence-corrected chi connectivity index (χ4v) is 3.43. The number of alkyl halides is 3. The number of rotatable bonds is 4. The Hall–Kier alpha value is -3.77. The van der Waals surface area contributed by atoms with Gasteiger partial charge in [-0.3, -0.25) is 9.59 Å². The molecule has 12 heteroatoms. The van der Waals surface area contributed by atoms with E-state index in [2.05, 4.69) is 15.3 Å². The molecule has 1 aliphatic heterocycles. The van der Waals surface area contributed by atoms with Crippen molar-refractivity contribution in [2.45, 2.75) is 18.4 Å². The zero-order valence-corrected chi connectivity index (χ0v) is 16.9. The van der Waals surface area contributed by atoms with Crippen molar-refractivity contribution in [1.29, 1.82) is 0 Å². The van der Waals surface area contributed by atoms with Gasteiger partial charge in [0.05, 0.1) is 17.7 Å². The van der Waals surface area contributed by atoms with Crippen LogP contribution in [0.3, 0.4) is 0 Å². The monoisotopic (exact) mass is 461 g/mol. The quantitative estimate of drug-likeness (QED) is 0.541. The number of nitrogens with one attached hydrogen (secondary N) is 1. The minimum absolute atomic E-state index is 0.0199. The Morgan fingerprint density at radius 1 is 1.21 bits per heavy atom. The highest BCUT2D eigenvalue weighted by atomic mass is 19.4. The highest BCUT2D eigenvalue weighted by Crippen LogP contribution is 2.31. The second-order valence-corrected chi connectivity index (χ2v) is 7.25. The predicted molar refractivity (Wildman–Crippen MR) is 112 cm³/mol. The van der Waals surface area contributed by atoms with E-state index in [4.69, 9.17) is 10.5 Å². The van der Waals surface area contributed by atoms with E-state index in [9.17, 15) is 27.9 Å². The smallest absolute Gasteiger partial charge is 0.383 e. The van der Waals surface area contributed by atoms with Crippen LogP contribution in [0, 0.1) is 0 Å². The number of carbonyl (C=O) groups is 2. The van der Waals surface area contributed by atoms with E-state index >= 15 is 0 Å². The summed E-state index contributed by atoms with van der Waals surface area (Å²) in [5.74, 6) is -1.38. The molecule has 0 radical (unpaired) electrons. The summed E-state index contributed by atoms with van der Waals surface area (Å²) in [6.07, 6.45) is -6.63. The van der Waals surface area contributed by atoms with E-state index < -0.39 is 35.8 Å². The van der Waals surface area contributed by atoms with Crippen LogP contribution in [0.15, 0.2) is 48.8 Å². The number of halogens is 3. The summed E-state index contributed by atoms with van der Waals surface area (Å²) >= 11 is 0. The number of carbonyl (C=O) groups excluding carboxylic acids is 2. The molecule has 2 atom stereocenters. The standard InChI is InChI=1S/C21H18F3N5O4/c22-21(23,24)11-1-4-13(5-2-11)29-7-8-33-17(20(29)32)16(30)19(31)28-12-3-6-14-15(9-12)26-10-27-18(14)25/h1-6,9-10,16-17,30H,7-8H2,(H,28,31)(H2,25,26,27)/t16-,17-/m1/s1. The minimum Gasteiger partial charge on any atom is -0.383 e. The fraction of sp³-hybridized carbons (Fsp3) is 0.238. The number of nitrogens with two attached hydrogens (primary N) is 1. The third kappa shape index (κ3) is 4.56. The molecule has 172 valence electrons. The second-order valence-electron chi connectivity index (χ2n) is 7.25. The number of aliphatic hydroxyl groups is 1. The van der Waals surface area contributed by atoms with Crippen LogP contribution in [0.1, 0.15) is 5.56 Å². The molecule has 1 fully saturated rings. The normalized spacial score (nSPS) is 17.8. The van der Waals surface area contributed by atoms with Crippen LogP contribution < -0.4 is 16.0 Å². The highest BCUT2D eigenvalue weighted by molar-refractivity contribution is 6.04. The lowest BCUT2D eigenvalue weighted by Gasteiger charge is -2.34.